The number of likely N-dealkylation sites (tertiary alicyclic amines) is 2. The number of halogens is 1. The highest BCUT2D eigenvalue weighted by Gasteiger charge is 2.29. The Labute approximate surface area is 230 Å². The van der Waals surface area contributed by atoms with Gasteiger partial charge in [0.15, 0.2) is 0 Å². The predicted octanol–water partition coefficient (Wildman–Crippen LogP) is 5.90. The Bertz CT molecular complexity index is 1360. The molecule has 0 unspecified atom stereocenters. The normalized spacial score (nSPS) is 18.3. The topological polar surface area (TPSA) is 49.3 Å². The zero-order chi connectivity index (χ0) is 26.6. The number of ether oxygens (including phenoxy) is 1. The van der Waals surface area contributed by atoms with Crippen molar-refractivity contribution in [3.63, 3.8) is 0 Å². The molecule has 6 nitrogen and oxygen atoms in total. The van der Waals surface area contributed by atoms with Crippen LogP contribution in [0.3, 0.4) is 0 Å². The first-order valence-corrected chi connectivity index (χ1v) is 14.5. The Morgan fingerprint density at radius 2 is 1.74 bits per heavy atom. The molecule has 0 amide bonds. The van der Waals surface area contributed by atoms with E-state index >= 15 is 0 Å². The van der Waals surface area contributed by atoms with Gasteiger partial charge in [0.25, 0.3) is 0 Å². The summed E-state index contributed by atoms with van der Waals surface area (Å²) < 4.78 is 21.5. The molecule has 1 N–H and O–H groups in total. The van der Waals surface area contributed by atoms with Gasteiger partial charge in [0.2, 0.25) is 0 Å². The van der Waals surface area contributed by atoms with Gasteiger partial charge < -0.3 is 19.5 Å². The molecule has 2 aromatic heterocycles. The maximum atomic E-state index is 14.1. The molecular weight excluding hydrogens is 489 g/mol. The van der Waals surface area contributed by atoms with Gasteiger partial charge in [0.05, 0.1) is 11.7 Å². The Morgan fingerprint density at radius 1 is 0.949 bits per heavy atom. The molecule has 39 heavy (non-hydrogen) atoms. The van der Waals surface area contributed by atoms with Crippen molar-refractivity contribution >= 4 is 10.9 Å². The lowest BCUT2D eigenvalue weighted by atomic mass is 9.98. The average molecular weight is 530 g/mol. The van der Waals surface area contributed by atoms with E-state index in [-0.39, 0.29) is 5.82 Å². The van der Waals surface area contributed by atoms with Crippen LogP contribution in [0.25, 0.3) is 22.2 Å². The summed E-state index contributed by atoms with van der Waals surface area (Å²) in [7, 11) is 1.79. The molecule has 2 fully saturated rings. The molecule has 2 aliphatic heterocycles. The van der Waals surface area contributed by atoms with Crippen molar-refractivity contribution in [3.8, 4) is 11.3 Å². The minimum atomic E-state index is -0.160. The number of methoxy groups -OCH3 is 1. The highest BCUT2D eigenvalue weighted by Crippen LogP contribution is 2.29. The quantitative estimate of drug-likeness (QED) is 0.274. The monoisotopic (exact) mass is 529 g/mol. The van der Waals surface area contributed by atoms with Gasteiger partial charge in [-0.15, -0.1) is 0 Å². The second kappa shape index (κ2) is 12.0. The lowest BCUT2D eigenvalue weighted by Crippen LogP contribution is -2.48. The van der Waals surface area contributed by atoms with Crippen LogP contribution in [-0.4, -0.2) is 77.0 Å². The highest BCUT2D eigenvalue weighted by molar-refractivity contribution is 5.85. The molecule has 7 heteroatoms. The van der Waals surface area contributed by atoms with Gasteiger partial charge in [-0.05, 0) is 81.1 Å². The Kier molecular flexibility index (Phi) is 8.09. The van der Waals surface area contributed by atoms with E-state index in [0.29, 0.717) is 18.0 Å². The van der Waals surface area contributed by atoms with Gasteiger partial charge in [-0.1, -0.05) is 24.3 Å². The zero-order valence-corrected chi connectivity index (χ0v) is 23.0. The third-order valence-corrected chi connectivity index (χ3v) is 8.69. The maximum Gasteiger partial charge on any atom is 0.126 e. The number of piperidine rings is 2. The molecule has 2 aliphatic rings. The minimum absolute atomic E-state index is 0.160. The summed E-state index contributed by atoms with van der Waals surface area (Å²) in [5, 5.41) is 6.13. The number of aromatic nitrogens is 3. The van der Waals surface area contributed by atoms with Crippen LogP contribution in [0, 0.1) is 5.82 Å². The van der Waals surface area contributed by atoms with E-state index in [2.05, 4.69) is 56.0 Å². The molecule has 4 heterocycles. The second-order valence-electron chi connectivity index (χ2n) is 11.2. The molecule has 0 saturated carbocycles. The summed E-state index contributed by atoms with van der Waals surface area (Å²) in [5.74, 6) is -0.160. The van der Waals surface area contributed by atoms with E-state index in [9.17, 15) is 4.39 Å². The molecule has 0 spiro atoms. The molecule has 2 aromatic carbocycles. The predicted molar refractivity (Wildman–Crippen MR) is 155 cm³/mol. The van der Waals surface area contributed by atoms with E-state index in [1.807, 2.05) is 12.1 Å². The maximum absolute atomic E-state index is 14.1. The summed E-state index contributed by atoms with van der Waals surface area (Å²) >= 11 is 0. The number of hydrogen-bond acceptors (Lipinski definition) is 4. The summed E-state index contributed by atoms with van der Waals surface area (Å²) in [6.45, 7) is 6.78. The molecule has 206 valence electrons. The first kappa shape index (κ1) is 26.2. The highest BCUT2D eigenvalue weighted by atomic mass is 19.1. The van der Waals surface area contributed by atoms with Crippen molar-refractivity contribution in [1.82, 2.24) is 24.6 Å². The first-order chi connectivity index (χ1) is 19.2. The Hall–Kier alpha value is -3.00. The van der Waals surface area contributed by atoms with Gasteiger partial charge in [-0.3, -0.25) is 4.68 Å². The SMILES string of the molecule is COCCCN1CCC(N2CCC(n3ccc(-c4ccc5[nH]c(Cc6ccccc6F)cc5c4)n3)CC2)CC1. The van der Waals surface area contributed by atoms with Crippen molar-refractivity contribution in [2.75, 3.05) is 46.4 Å². The van der Waals surface area contributed by atoms with Crippen LogP contribution in [0.15, 0.2) is 60.8 Å². The van der Waals surface area contributed by atoms with Crippen molar-refractivity contribution < 1.29 is 9.13 Å². The van der Waals surface area contributed by atoms with Crippen molar-refractivity contribution in [2.24, 2.45) is 0 Å². The molecule has 0 bridgehead atoms. The van der Waals surface area contributed by atoms with E-state index in [0.717, 1.165) is 79.4 Å². The number of nitrogens with zero attached hydrogens (tertiary/aromatic N) is 4. The number of benzene rings is 2. The minimum Gasteiger partial charge on any atom is -0.385 e. The van der Waals surface area contributed by atoms with E-state index in [1.165, 1.54) is 32.0 Å². The summed E-state index contributed by atoms with van der Waals surface area (Å²) in [5.41, 5.74) is 4.92. The molecule has 0 radical (unpaired) electrons. The fraction of sp³-hybridized carbons (Fsp3) is 0.469. The Balaban J connectivity index is 1.04. The molecule has 6 rings (SSSR count). The van der Waals surface area contributed by atoms with Crippen LogP contribution in [0.2, 0.25) is 0 Å². The average Bonchev–Trinajstić information content (AvgIpc) is 3.62. The third-order valence-electron chi connectivity index (χ3n) is 8.69. The van der Waals surface area contributed by atoms with Crippen LogP contribution >= 0.6 is 0 Å². The largest absolute Gasteiger partial charge is 0.385 e. The lowest BCUT2D eigenvalue weighted by molar-refractivity contribution is 0.0736. The number of hydrogen-bond donors (Lipinski definition) is 1. The van der Waals surface area contributed by atoms with Gasteiger partial charge in [-0.2, -0.15) is 5.10 Å². The molecule has 0 aliphatic carbocycles. The van der Waals surface area contributed by atoms with Crippen molar-refractivity contribution in [1.29, 1.82) is 0 Å². The van der Waals surface area contributed by atoms with Crippen LogP contribution < -0.4 is 0 Å². The van der Waals surface area contributed by atoms with Gasteiger partial charge >= 0.3 is 0 Å². The lowest BCUT2D eigenvalue weighted by Gasteiger charge is -2.41. The zero-order valence-electron chi connectivity index (χ0n) is 23.0. The van der Waals surface area contributed by atoms with Crippen LogP contribution in [0.5, 0.6) is 0 Å². The first-order valence-electron chi connectivity index (χ1n) is 14.5. The van der Waals surface area contributed by atoms with Crippen LogP contribution in [0.4, 0.5) is 4.39 Å². The van der Waals surface area contributed by atoms with Gasteiger partial charge in [-0.25, -0.2) is 4.39 Å². The molecular formula is C32H40FN5O. The van der Waals surface area contributed by atoms with E-state index in [1.54, 1.807) is 13.2 Å². The number of H-pyrrole nitrogens is 1. The van der Waals surface area contributed by atoms with E-state index in [4.69, 9.17) is 9.84 Å². The molecule has 4 aromatic rings. The van der Waals surface area contributed by atoms with Crippen molar-refractivity contribution in [3.05, 3.63) is 77.9 Å². The number of fused-ring (bicyclic) bond motifs is 1. The van der Waals surface area contributed by atoms with Crippen LogP contribution in [0.1, 0.15) is 49.4 Å². The number of nitrogens with one attached hydrogen (secondary N) is 1. The molecule has 2 saturated heterocycles. The summed E-state index contributed by atoms with van der Waals surface area (Å²) in [6.07, 6.45) is 8.72. The smallest absolute Gasteiger partial charge is 0.126 e. The number of rotatable bonds is 9. The van der Waals surface area contributed by atoms with Crippen molar-refractivity contribution in [2.45, 2.75) is 50.6 Å². The van der Waals surface area contributed by atoms with Gasteiger partial charge in [0, 0.05) is 74.2 Å². The second-order valence-corrected chi connectivity index (χ2v) is 11.2. The standard InChI is InChI=1S/C32H40FN5O/c1-39-20-4-14-36-15-9-28(10-16-36)37-17-11-29(12-18-37)38-19-13-32(35-38)25-7-8-31-26(21-25)23-27(34-31)22-24-5-2-3-6-30(24)33/h2-3,5-8,13,19,21,23,28-29,34H,4,9-12,14-18,20,22H2,1H3. The third kappa shape index (κ3) is 6.11. The summed E-state index contributed by atoms with van der Waals surface area (Å²) in [4.78, 5) is 8.77. The molecule has 0 atom stereocenters. The fourth-order valence-electron chi connectivity index (χ4n) is 6.45. The Morgan fingerprint density at radius 3 is 2.54 bits per heavy atom. The van der Waals surface area contributed by atoms with Gasteiger partial charge in [0.1, 0.15) is 5.82 Å². The van der Waals surface area contributed by atoms with E-state index < -0.39 is 0 Å². The number of aromatic amines is 1. The fourth-order valence-corrected chi connectivity index (χ4v) is 6.45. The van der Waals surface area contributed by atoms with Crippen LogP contribution in [-0.2, 0) is 11.2 Å². The summed E-state index contributed by atoms with van der Waals surface area (Å²) in [6, 6.07) is 18.9.